The van der Waals surface area contributed by atoms with Crippen LogP contribution in [0.4, 0.5) is 0 Å². The highest BCUT2D eigenvalue weighted by atomic mass is 16.2. The molecule has 1 aliphatic heterocycles. The summed E-state index contributed by atoms with van der Waals surface area (Å²) < 4.78 is 0. The molecule has 0 spiro atoms. The Bertz CT molecular complexity index is 440. The van der Waals surface area contributed by atoms with E-state index in [1.165, 1.54) is 11.1 Å². The van der Waals surface area contributed by atoms with E-state index in [2.05, 4.69) is 28.8 Å². The van der Waals surface area contributed by atoms with E-state index >= 15 is 0 Å². The number of carbonyl (C=O) groups is 1. The topological polar surface area (TPSA) is 41.1 Å². The Morgan fingerprint density at radius 3 is 3.00 bits per heavy atom. The summed E-state index contributed by atoms with van der Waals surface area (Å²) in [7, 11) is 0. The summed E-state index contributed by atoms with van der Waals surface area (Å²) in [6.45, 7) is 3.48. The Kier molecular flexibility index (Phi) is 4.53. The zero-order valence-corrected chi connectivity index (χ0v) is 10.8. The number of benzene rings is 1. The summed E-state index contributed by atoms with van der Waals surface area (Å²) in [5.41, 5.74) is 2.58. The van der Waals surface area contributed by atoms with Gasteiger partial charge in [-0.2, -0.15) is 0 Å². The van der Waals surface area contributed by atoms with Crippen molar-refractivity contribution in [1.82, 2.24) is 10.6 Å². The normalized spacial score (nSPS) is 18.6. The van der Waals surface area contributed by atoms with Gasteiger partial charge in [-0.25, -0.2) is 0 Å². The molecule has 3 heteroatoms. The molecule has 1 unspecified atom stereocenters. The highest BCUT2D eigenvalue weighted by molar-refractivity contribution is 5.82. The third-order valence-electron chi connectivity index (χ3n) is 3.24. The largest absolute Gasteiger partial charge is 0.354 e. The molecule has 0 saturated heterocycles. The molecule has 1 aromatic rings. The minimum absolute atomic E-state index is 0.0921. The summed E-state index contributed by atoms with van der Waals surface area (Å²) in [5.74, 6) is 0.106. The second-order valence-corrected chi connectivity index (χ2v) is 4.56. The van der Waals surface area contributed by atoms with Crippen LogP contribution in [0.1, 0.15) is 24.5 Å². The SMILES string of the molecule is C/C=C/CCNC(=O)C1Cc2ccccc2CN1. The maximum atomic E-state index is 12.0. The van der Waals surface area contributed by atoms with E-state index in [0.717, 1.165) is 19.4 Å². The van der Waals surface area contributed by atoms with E-state index < -0.39 is 0 Å². The van der Waals surface area contributed by atoms with Crippen LogP contribution in [0.25, 0.3) is 0 Å². The van der Waals surface area contributed by atoms with Gasteiger partial charge < -0.3 is 10.6 Å². The van der Waals surface area contributed by atoms with Crippen molar-refractivity contribution in [3.05, 3.63) is 47.5 Å². The van der Waals surface area contributed by atoms with Gasteiger partial charge in [0.25, 0.3) is 0 Å². The van der Waals surface area contributed by atoms with Gasteiger partial charge >= 0.3 is 0 Å². The highest BCUT2D eigenvalue weighted by Crippen LogP contribution is 2.16. The molecule has 0 saturated carbocycles. The Balaban J connectivity index is 1.86. The standard InChI is InChI=1S/C15H20N2O/c1-2-3-6-9-16-15(18)14-10-12-7-4-5-8-13(12)11-17-14/h2-5,7-8,14,17H,6,9-11H2,1H3,(H,16,18)/b3-2+. The first-order chi connectivity index (χ1) is 8.81. The molecule has 1 aromatic carbocycles. The van der Waals surface area contributed by atoms with E-state index in [0.29, 0.717) is 6.54 Å². The van der Waals surface area contributed by atoms with Crippen LogP contribution in [-0.2, 0) is 17.8 Å². The van der Waals surface area contributed by atoms with Gasteiger partial charge in [0.1, 0.15) is 0 Å². The predicted molar refractivity (Wildman–Crippen MR) is 73.2 cm³/mol. The maximum Gasteiger partial charge on any atom is 0.237 e. The highest BCUT2D eigenvalue weighted by Gasteiger charge is 2.23. The molecule has 1 aliphatic rings. The molecule has 1 atom stereocenters. The first kappa shape index (κ1) is 12.8. The van der Waals surface area contributed by atoms with Crippen LogP contribution >= 0.6 is 0 Å². The lowest BCUT2D eigenvalue weighted by Gasteiger charge is -2.25. The number of fused-ring (bicyclic) bond motifs is 1. The molecule has 0 radical (unpaired) electrons. The Hall–Kier alpha value is -1.61. The number of amides is 1. The number of hydrogen-bond acceptors (Lipinski definition) is 2. The minimum atomic E-state index is -0.0921. The quantitative estimate of drug-likeness (QED) is 0.626. The van der Waals surface area contributed by atoms with Crippen LogP contribution < -0.4 is 10.6 Å². The van der Waals surface area contributed by atoms with Crippen LogP contribution in [0.5, 0.6) is 0 Å². The maximum absolute atomic E-state index is 12.0. The van der Waals surface area contributed by atoms with E-state index in [1.807, 2.05) is 25.1 Å². The molecule has 1 amide bonds. The van der Waals surface area contributed by atoms with Crippen molar-refractivity contribution in [1.29, 1.82) is 0 Å². The zero-order chi connectivity index (χ0) is 12.8. The molecule has 96 valence electrons. The van der Waals surface area contributed by atoms with Gasteiger partial charge in [0.15, 0.2) is 0 Å². The fraction of sp³-hybridized carbons (Fsp3) is 0.400. The number of carbonyl (C=O) groups excluding carboxylic acids is 1. The molecule has 2 N–H and O–H groups in total. The van der Waals surface area contributed by atoms with Crippen LogP contribution in [0.2, 0.25) is 0 Å². The van der Waals surface area contributed by atoms with Gasteiger partial charge in [0.05, 0.1) is 6.04 Å². The second kappa shape index (κ2) is 6.36. The van der Waals surface area contributed by atoms with Gasteiger partial charge in [0, 0.05) is 13.1 Å². The van der Waals surface area contributed by atoms with Gasteiger partial charge in [0.2, 0.25) is 5.91 Å². The Morgan fingerprint density at radius 2 is 2.22 bits per heavy atom. The third kappa shape index (κ3) is 3.20. The number of hydrogen-bond donors (Lipinski definition) is 2. The van der Waals surface area contributed by atoms with Crippen molar-refractivity contribution in [3.63, 3.8) is 0 Å². The molecule has 2 rings (SSSR count). The smallest absolute Gasteiger partial charge is 0.237 e. The van der Waals surface area contributed by atoms with E-state index in [9.17, 15) is 4.79 Å². The molecule has 0 fully saturated rings. The third-order valence-corrected chi connectivity index (χ3v) is 3.24. The lowest BCUT2D eigenvalue weighted by molar-refractivity contribution is -0.123. The van der Waals surface area contributed by atoms with Gasteiger partial charge in [-0.05, 0) is 30.9 Å². The van der Waals surface area contributed by atoms with E-state index in [1.54, 1.807) is 0 Å². The van der Waals surface area contributed by atoms with Gasteiger partial charge in [-0.3, -0.25) is 4.79 Å². The molecule has 18 heavy (non-hydrogen) atoms. The van der Waals surface area contributed by atoms with E-state index in [4.69, 9.17) is 0 Å². The first-order valence-corrected chi connectivity index (χ1v) is 6.50. The summed E-state index contributed by atoms with van der Waals surface area (Å²) in [6, 6.07) is 8.20. The molecule has 1 heterocycles. The molecule has 0 aromatic heterocycles. The average Bonchev–Trinajstić information content (AvgIpc) is 2.43. The lowest BCUT2D eigenvalue weighted by Crippen LogP contribution is -2.47. The summed E-state index contributed by atoms with van der Waals surface area (Å²) >= 11 is 0. The number of allylic oxidation sites excluding steroid dienone is 1. The predicted octanol–water partition coefficient (Wildman–Crippen LogP) is 1.78. The van der Waals surface area contributed by atoms with Crippen molar-refractivity contribution in [2.45, 2.75) is 32.4 Å². The van der Waals surface area contributed by atoms with Crippen LogP contribution in [0.3, 0.4) is 0 Å². The first-order valence-electron chi connectivity index (χ1n) is 6.50. The monoisotopic (exact) mass is 244 g/mol. The van der Waals surface area contributed by atoms with Crippen LogP contribution in [0.15, 0.2) is 36.4 Å². The Morgan fingerprint density at radius 1 is 1.44 bits per heavy atom. The number of nitrogens with one attached hydrogen (secondary N) is 2. The van der Waals surface area contributed by atoms with E-state index in [-0.39, 0.29) is 11.9 Å². The van der Waals surface area contributed by atoms with Crippen molar-refractivity contribution >= 4 is 5.91 Å². The van der Waals surface area contributed by atoms with Crippen molar-refractivity contribution in [3.8, 4) is 0 Å². The zero-order valence-electron chi connectivity index (χ0n) is 10.8. The summed E-state index contributed by atoms with van der Waals surface area (Å²) in [5, 5.41) is 6.25. The minimum Gasteiger partial charge on any atom is -0.354 e. The Labute approximate surface area is 108 Å². The second-order valence-electron chi connectivity index (χ2n) is 4.56. The van der Waals surface area contributed by atoms with Crippen molar-refractivity contribution in [2.75, 3.05) is 6.54 Å². The van der Waals surface area contributed by atoms with Crippen LogP contribution in [0, 0.1) is 0 Å². The molecule has 3 nitrogen and oxygen atoms in total. The van der Waals surface area contributed by atoms with Crippen LogP contribution in [-0.4, -0.2) is 18.5 Å². The van der Waals surface area contributed by atoms with Crippen molar-refractivity contribution in [2.24, 2.45) is 0 Å². The fourth-order valence-electron chi connectivity index (χ4n) is 2.21. The molecular formula is C15H20N2O. The molecule has 0 aliphatic carbocycles. The van der Waals surface area contributed by atoms with Gasteiger partial charge in [-0.15, -0.1) is 0 Å². The summed E-state index contributed by atoms with van der Waals surface area (Å²) in [6.07, 6.45) is 5.74. The number of rotatable bonds is 4. The van der Waals surface area contributed by atoms with Gasteiger partial charge in [-0.1, -0.05) is 36.4 Å². The lowest BCUT2D eigenvalue weighted by atomic mass is 9.95. The molecule has 0 bridgehead atoms. The molecular weight excluding hydrogens is 224 g/mol. The summed E-state index contributed by atoms with van der Waals surface area (Å²) in [4.78, 5) is 12.0. The fourth-order valence-corrected chi connectivity index (χ4v) is 2.21. The van der Waals surface area contributed by atoms with Crippen molar-refractivity contribution < 1.29 is 4.79 Å². The average molecular weight is 244 g/mol.